The van der Waals surface area contributed by atoms with Crippen molar-refractivity contribution in [1.82, 2.24) is 10.2 Å². The van der Waals surface area contributed by atoms with E-state index in [1.807, 2.05) is 0 Å². The Morgan fingerprint density at radius 2 is 1.89 bits per heavy atom. The molecule has 0 aromatic carbocycles. The van der Waals surface area contributed by atoms with Gasteiger partial charge in [-0.15, -0.1) is 0 Å². The maximum atomic E-state index is 6.14. The lowest BCUT2D eigenvalue weighted by atomic mass is 10.1. The van der Waals surface area contributed by atoms with Gasteiger partial charge in [0.25, 0.3) is 0 Å². The second-order valence-corrected chi connectivity index (χ2v) is 7.05. The minimum atomic E-state index is 0.180. The predicted molar refractivity (Wildman–Crippen MR) is 77.5 cm³/mol. The van der Waals surface area contributed by atoms with Crippen LogP contribution in [0.2, 0.25) is 0 Å². The third-order valence-electron chi connectivity index (χ3n) is 4.08. The summed E-state index contributed by atoms with van der Waals surface area (Å²) in [7, 11) is 2.20. The summed E-state index contributed by atoms with van der Waals surface area (Å²) in [5.41, 5.74) is 0.180. The number of likely N-dealkylation sites (N-methyl/N-ethyl adjacent to an activating group) is 1. The van der Waals surface area contributed by atoms with E-state index in [0.717, 1.165) is 32.7 Å². The molecule has 0 saturated carbocycles. The molecule has 2 saturated heterocycles. The lowest BCUT2D eigenvalue weighted by molar-refractivity contribution is 0.0172. The fourth-order valence-electron chi connectivity index (χ4n) is 2.82. The molecule has 0 bridgehead atoms. The summed E-state index contributed by atoms with van der Waals surface area (Å²) in [5, 5.41) is 3.53. The van der Waals surface area contributed by atoms with E-state index in [0.29, 0.717) is 18.2 Å². The van der Waals surface area contributed by atoms with Crippen LogP contribution in [-0.2, 0) is 9.47 Å². The molecule has 3 atom stereocenters. The summed E-state index contributed by atoms with van der Waals surface area (Å²) in [6.07, 6.45) is 4.32. The number of ether oxygens (including phenoxy) is 2. The molecule has 0 radical (unpaired) electrons. The zero-order chi connectivity index (χ0) is 13.9. The van der Waals surface area contributed by atoms with Gasteiger partial charge < -0.3 is 14.8 Å². The quantitative estimate of drug-likeness (QED) is 0.823. The highest BCUT2D eigenvalue weighted by atomic mass is 16.5. The predicted octanol–water partition coefficient (Wildman–Crippen LogP) is 1.64. The molecule has 112 valence electrons. The van der Waals surface area contributed by atoms with Crippen molar-refractivity contribution in [2.24, 2.45) is 0 Å². The van der Waals surface area contributed by atoms with Crippen LogP contribution in [0.3, 0.4) is 0 Å². The zero-order valence-electron chi connectivity index (χ0n) is 12.9. The summed E-state index contributed by atoms with van der Waals surface area (Å²) < 4.78 is 11.6. The van der Waals surface area contributed by atoms with Crippen molar-refractivity contribution in [1.29, 1.82) is 0 Å². The van der Waals surface area contributed by atoms with Gasteiger partial charge in [0.2, 0.25) is 0 Å². The molecule has 4 heteroatoms. The Morgan fingerprint density at radius 3 is 2.53 bits per heavy atom. The molecular weight excluding hydrogens is 240 g/mol. The molecule has 0 aromatic rings. The van der Waals surface area contributed by atoms with Gasteiger partial charge >= 0.3 is 0 Å². The SMILES string of the molecule is CN(CC1CCC(CNC(C)(C)C)O1)C1CCOC1. The number of hydrogen-bond donors (Lipinski definition) is 1. The molecule has 2 aliphatic heterocycles. The molecule has 0 spiro atoms. The van der Waals surface area contributed by atoms with E-state index in [1.54, 1.807) is 0 Å². The van der Waals surface area contributed by atoms with Gasteiger partial charge in [0.05, 0.1) is 18.8 Å². The Balaban J connectivity index is 1.67. The molecule has 19 heavy (non-hydrogen) atoms. The lowest BCUT2D eigenvalue weighted by Gasteiger charge is -2.27. The van der Waals surface area contributed by atoms with Gasteiger partial charge in [-0.1, -0.05) is 0 Å². The minimum Gasteiger partial charge on any atom is -0.380 e. The minimum absolute atomic E-state index is 0.180. The van der Waals surface area contributed by atoms with Gasteiger partial charge in [-0.3, -0.25) is 4.90 Å². The smallest absolute Gasteiger partial charge is 0.0707 e. The molecule has 3 unspecified atom stereocenters. The van der Waals surface area contributed by atoms with E-state index in [2.05, 4.69) is 38.0 Å². The Kier molecular flexibility index (Phi) is 5.23. The first-order valence-electron chi connectivity index (χ1n) is 7.62. The van der Waals surface area contributed by atoms with Crippen molar-refractivity contribution < 1.29 is 9.47 Å². The van der Waals surface area contributed by atoms with Gasteiger partial charge in [0.15, 0.2) is 0 Å². The van der Waals surface area contributed by atoms with Crippen LogP contribution < -0.4 is 5.32 Å². The molecule has 2 fully saturated rings. The molecular formula is C15H30N2O2. The lowest BCUT2D eigenvalue weighted by Crippen LogP contribution is -2.42. The van der Waals surface area contributed by atoms with Crippen LogP contribution in [0.25, 0.3) is 0 Å². The summed E-state index contributed by atoms with van der Waals surface area (Å²) in [6.45, 7) is 10.4. The molecule has 0 aliphatic carbocycles. The van der Waals surface area contributed by atoms with E-state index >= 15 is 0 Å². The van der Waals surface area contributed by atoms with Crippen molar-refractivity contribution in [3.63, 3.8) is 0 Å². The molecule has 2 rings (SSSR count). The number of nitrogens with one attached hydrogen (secondary N) is 1. The molecule has 2 aliphatic rings. The summed E-state index contributed by atoms with van der Waals surface area (Å²) in [5.74, 6) is 0. The molecule has 0 amide bonds. The van der Waals surface area contributed by atoms with Crippen LogP contribution in [0.1, 0.15) is 40.0 Å². The van der Waals surface area contributed by atoms with Crippen molar-refractivity contribution in [2.75, 3.05) is 33.4 Å². The average Bonchev–Trinajstić information content (AvgIpc) is 2.96. The van der Waals surface area contributed by atoms with E-state index in [1.165, 1.54) is 12.8 Å². The highest BCUT2D eigenvalue weighted by Crippen LogP contribution is 2.22. The Morgan fingerprint density at radius 1 is 1.16 bits per heavy atom. The van der Waals surface area contributed by atoms with Crippen molar-refractivity contribution >= 4 is 0 Å². The molecule has 1 N–H and O–H groups in total. The van der Waals surface area contributed by atoms with Crippen molar-refractivity contribution in [3.05, 3.63) is 0 Å². The van der Waals surface area contributed by atoms with Crippen LogP contribution >= 0.6 is 0 Å². The van der Waals surface area contributed by atoms with Crippen molar-refractivity contribution in [3.8, 4) is 0 Å². The largest absolute Gasteiger partial charge is 0.380 e. The monoisotopic (exact) mass is 270 g/mol. The first kappa shape index (κ1) is 15.2. The summed E-state index contributed by atoms with van der Waals surface area (Å²) in [4.78, 5) is 2.41. The second-order valence-electron chi connectivity index (χ2n) is 7.05. The topological polar surface area (TPSA) is 33.7 Å². The maximum Gasteiger partial charge on any atom is 0.0707 e. The van der Waals surface area contributed by atoms with E-state index in [4.69, 9.17) is 9.47 Å². The maximum absolute atomic E-state index is 6.14. The van der Waals surface area contributed by atoms with E-state index in [9.17, 15) is 0 Å². The van der Waals surface area contributed by atoms with Crippen LogP contribution in [0.5, 0.6) is 0 Å². The summed E-state index contributed by atoms with van der Waals surface area (Å²) >= 11 is 0. The fraction of sp³-hybridized carbons (Fsp3) is 1.00. The van der Waals surface area contributed by atoms with Gasteiger partial charge in [-0.2, -0.15) is 0 Å². The Labute approximate surface area is 117 Å². The normalized spacial score (nSPS) is 32.4. The molecule has 0 aromatic heterocycles. The van der Waals surface area contributed by atoms with Crippen LogP contribution in [0, 0.1) is 0 Å². The van der Waals surface area contributed by atoms with Gasteiger partial charge in [0, 0.05) is 31.3 Å². The highest BCUT2D eigenvalue weighted by molar-refractivity contribution is 4.82. The van der Waals surface area contributed by atoms with Gasteiger partial charge in [0.1, 0.15) is 0 Å². The van der Waals surface area contributed by atoms with Crippen LogP contribution in [-0.4, -0.2) is 62.0 Å². The molecule has 4 nitrogen and oxygen atoms in total. The first-order chi connectivity index (χ1) is 8.94. The number of hydrogen-bond acceptors (Lipinski definition) is 4. The standard InChI is InChI=1S/C15H30N2O2/c1-15(2,3)16-9-13-5-6-14(19-13)10-17(4)12-7-8-18-11-12/h12-14,16H,5-11H2,1-4H3. The Bertz CT molecular complexity index is 272. The van der Waals surface area contributed by atoms with Crippen molar-refractivity contribution in [2.45, 2.75) is 63.8 Å². The van der Waals surface area contributed by atoms with Crippen LogP contribution in [0.15, 0.2) is 0 Å². The summed E-state index contributed by atoms with van der Waals surface area (Å²) in [6, 6.07) is 0.593. The van der Waals surface area contributed by atoms with Gasteiger partial charge in [-0.05, 0) is 47.1 Å². The average molecular weight is 270 g/mol. The van der Waals surface area contributed by atoms with E-state index in [-0.39, 0.29) is 5.54 Å². The first-order valence-corrected chi connectivity index (χ1v) is 7.62. The van der Waals surface area contributed by atoms with E-state index < -0.39 is 0 Å². The second kappa shape index (κ2) is 6.53. The third-order valence-corrected chi connectivity index (χ3v) is 4.08. The van der Waals surface area contributed by atoms with Gasteiger partial charge in [-0.25, -0.2) is 0 Å². The van der Waals surface area contributed by atoms with Crippen LogP contribution in [0.4, 0.5) is 0 Å². The zero-order valence-corrected chi connectivity index (χ0v) is 12.9. The molecule has 2 heterocycles. The number of nitrogens with zero attached hydrogens (tertiary/aromatic N) is 1. The Hall–Kier alpha value is -0.160. The number of rotatable bonds is 5. The highest BCUT2D eigenvalue weighted by Gasteiger charge is 2.29. The third kappa shape index (κ3) is 5.03. The fourth-order valence-corrected chi connectivity index (χ4v) is 2.82.